The van der Waals surface area contributed by atoms with E-state index in [1.165, 1.54) is 0 Å². The molecule has 6 heteroatoms. The molecule has 1 amide bonds. The van der Waals surface area contributed by atoms with Crippen molar-refractivity contribution < 1.29 is 14.7 Å². The molecule has 1 aliphatic heterocycles. The van der Waals surface area contributed by atoms with E-state index < -0.39 is 11.5 Å². The highest BCUT2D eigenvalue weighted by atomic mass is 32.1. The maximum absolute atomic E-state index is 13.5. The fourth-order valence-electron chi connectivity index (χ4n) is 4.48. The molecule has 1 unspecified atom stereocenters. The summed E-state index contributed by atoms with van der Waals surface area (Å²) >= 11 is 1.56. The molecule has 1 N–H and O–H groups in total. The lowest BCUT2D eigenvalue weighted by Gasteiger charge is -2.23. The van der Waals surface area contributed by atoms with E-state index in [0.29, 0.717) is 29.8 Å². The lowest BCUT2D eigenvalue weighted by Crippen LogP contribution is -2.42. The average Bonchev–Trinajstić information content (AvgIpc) is 3.31. The molecule has 1 aliphatic rings. The van der Waals surface area contributed by atoms with Gasteiger partial charge in [0.15, 0.2) is 11.4 Å². The normalized spacial score (nSPS) is 17.7. The van der Waals surface area contributed by atoms with Crippen LogP contribution in [0.4, 0.5) is 5.69 Å². The Kier molecular flexibility index (Phi) is 5.12. The predicted molar refractivity (Wildman–Crippen MR) is 126 cm³/mol. The van der Waals surface area contributed by atoms with Gasteiger partial charge in [-0.15, -0.1) is 11.3 Å². The standard InChI is InChI=1S/C26H22N2O3S/c1-17-24(32-16-27-17)13-14-28-22-12-5-4-11-21(22)26(31,25(28)30)15-23(29)20-10-6-8-18-7-2-3-9-19(18)20/h2-12,16,31H,13-15H2,1H3. The predicted octanol–water partition coefficient (Wildman–Crippen LogP) is 4.65. The first-order chi connectivity index (χ1) is 15.5. The maximum atomic E-state index is 13.5. The molecule has 0 saturated carbocycles. The number of nitrogens with zero attached hydrogens (tertiary/aromatic N) is 2. The van der Waals surface area contributed by atoms with Gasteiger partial charge in [-0.2, -0.15) is 0 Å². The Labute approximate surface area is 190 Å². The van der Waals surface area contributed by atoms with Crippen LogP contribution in [0.25, 0.3) is 10.8 Å². The van der Waals surface area contributed by atoms with Gasteiger partial charge in [0.25, 0.3) is 5.91 Å². The Balaban J connectivity index is 1.47. The van der Waals surface area contributed by atoms with E-state index in [1.807, 2.05) is 55.5 Å². The van der Waals surface area contributed by atoms with E-state index in [-0.39, 0.29) is 12.2 Å². The van der Waals surface area contributed by atoms with Crippen molar-refractivity contribution in [3.8, 4) is 0 Å². The Bertz CT molecular complexity index is 1340. The molecule has 0 spiro atoms. The highest BCUT2D eigenvalue weighted by Crippen LogP contribution is 2.43. The molecule has 0 radical (unpaired) electrons. The van der Waals surface area contributed by atoms with Gasteiger partial charge in [0.1, 0.15) is 0 Å². The second-order valence-electron chi connectivity index (χ2n) is 8.07. The molecule has 2 heterocycles. The van der Waals surface area contributed by atoms with Gasteiger partial charge in [-0.3, -0.25) is 9.59 Å². The third-order valence-corrected chi connectivity index (χ3v) is 7.15. The summed E-state index contributed by atoms with van der Waals surface area (Å²) in [5, 5.41) is 13.3. The number of fused-ring (bicyclic) bond motifs is 2. The molecular weight excluding hydrogens is 420 g/mol. The van der Waals surface area contributed by atoms with Crippen LogP contribution in [0.2, 0.25) is 0 Å². The van der Waals surface area contributed by atoms with Crippen LogP contribution in [0.1, 0.15) is 32.9 Å². The largest absolute Gasteiger partial charge is 0.375 e. The summed E-state index contributed by atoms with van der Waals surface area (Å²) in [4.78, 5) is 33.8. The molecule has 0 saturated heterocycles. The summed E-state index contributed by atoms with van der Waals surface area (Å²) in [5.41, 5.74) is 2.53. The first-order valence-corrected chi connectivity index (χ1v) is 11.4. The first-order valence-electron chi connectivity index (χ1n) is 10.5. The SMILES string of the molecule is Cc1ncsc1CCN1C(=O)C(O)(CC(=O)c2cccc3ccccc23)c2ccccc21. The van der Waals surface area contributed by atoms with Crippen LogP contribution in [0.3, 0.4) is 0 Å². The Morgan fingerprint density at radius 1 is 1.06 bits per heavy atom. The number of anilines is 1. The minimum atomic E-state index is -1.88. The van der Waals surface area contributed by atoms with Gasteiger partial charge in [-0.05, 0) is 23.8 Å². The van der Waals surface area contributed by atoms with Crippen molar-refractivity contribution in [3.05, 3.63) is 93.9 Å². The Morgan fingerprint density at radius 3 is 2.62 bits per heavy atom. The van der Waals surface area contributed by atoms with E-state index in [1.54, 1.807) is 39.9 Å². The zero-order chi connectivity index (χ0) is 22.3. The van der Waals surface area contributed by atoms with E-state index >= 15 is 0 Å². The molecule has 5 nitrogen and oxygen atoms in total. The molecule has 0 aliphatic carbocycles. The van der Waals surface area contributed by atoms with Gasteiger partial charge in [0, 0.05) is 29.0 Å². The molecule has 3 aromatic carbocycles. The summed E-state index contributed by atoms with van der Waals surface area (Å²) in [6.45, 7) is 2.37. The van der Waals surface area contributed by atoms with Crippen molar-refractivity contribution in [1.29, 1.82) is 0 Å². The van der Waals surface area contributed by atoms with Crippen LogP contribution >= 0.6 is 11.3 Å². The monoisotopic (exact) mass is 442 g/mol. The number of thiazole rings is 1. The zero-order valence-corrected chi connectivity index (χ0v) is 18.4. The van der Waals surface area contributed by atoms with Gasteiger partial charge in [0.05, 0.1) is 23.3 Å². The third-order valence-electron chi connectivity index (χ3n) is 6.15. The highest BCUT2D eigenvalue weighted by molar-refractivity contribution is 7.09. The number of carbonyl (C=O) groups excluding carboxylic acids is 2. The number of carbonyl (C=O) groups is 2. The van der Waals surface area contributed by atoms with E-state index in [2.05, 4.69) is 4.98 Å². The topological polar surface area (TPSA) is 70.5 Å². The summed E-state index contributed by atoms with van der Waals surface area (Å²) < 4.78 is 0. The first kappa shape index (κ1) is 20.5. The second kappa shape index (κ2) is 7.97. The molecule has 1 aromatic heterocycles. The van der Waals surface area contributed by atoms with Crippen LogP contribution in [0.15, 0.2) is 72.2 Å². The molecule has 0 bridgehead atoms. The zero-order valence-electron chi connectivity index (χ0n) is 17.6. The fraction of sp³-hybridized carbons (Fsp3) is 0.192. The summed E-state index contributed by atoms with van der Waals surface area (Å²) in [6.07, 6.45) is 0.344. The van der Waals surface area contributed by atoms with Crippen molar-refractivity contribution in [2.45, 2.75) is 25.4 Å². The number of benzene rings is 3. The summed E-state index contributed by atoms with van der Waals surface area (Å²) in [7, 11) is 0. The minimum absolute atomic E-state index is 0.257. The Morgan fingerprint density at radius 2 is 1.81 bits per heavy atom. The van der Waals surface area contributed by atoms with E-state index in [0.717, 1.165) is 21.3 Å². The lowest BCUT2D eigenvalue weighted by atomic mass is 9.87. The fourth-order valence-corrected chi connectivity index (χ4v) is 5.25. The van der Waals surface area contributed by atoms with Gasteiger partial charge >= 0.3 is 0 Å². The quantitative estimate of drug-likeness (QED) is 0.441. The molecule has 5 rings (SSSR count). The number of aryl methyl sites for hydroxylation is 1. The number of rotatable bonds is 6. The van der Waals surface area contributed by atoms with Crippen molar-refractivity contribution in [2.75, 3.05) is 11.4 Å². The van der Waals surface area contributed by atoms with Crippen LogP contribution in [-0.4, -0.2) is 28.3 Å². The van der Waals surface area contributed by atoms with Gasteiger partial charge in [0.2, 0.25) is 0 Å². The number of Topliss-reactive ketones (excluding diaryl/α,β-unsaturated/α-hetero) is 1. The van der Waals surface area contributed by atoms with Gasteiger partial charge < -0.3 is 10.0 Å². The number of hydrogen-bond donors (Lipinski definition) is 1. The molecule has 0 fully saturated rings. The smallest absolute Gasteiger partial charge is 0.264 e. The van der Waals surface area contributed by atoms with Crippen molar-refractivity contribution >= 4 is 39.5 Å². The second-order valence-corrected chi connectivity index (χ2v) is 9.01. The third kappa shape index (κ3) is 3.32. The van der Waals surface area contributed by atoms with Crippen molar-refractivity contribution in [3.63, 3.8) is 0 Å². The minimum Gasteiger partial charge on any atom is -0.375 e. The molecule has 1 atom stereocenters. The number of aliphatic hydroxyl groups is 1. The molecule has 160 valence electrons. The highest BCUT2D eigenvalue weighted by Gasteiger charge is 2.50. The van der Waals surface area contributed by atoms with Gasteiger partial charge in [-0.25, -0.2) is 4.98 Å². The van der Waals surface area contributed by atoms with Crippen molar-refractivity contribution in [2.24, 2.45) is 0 Å². The number of para-hydroxylation sites is 1. The van der Waals surface area contributed by atoms with Crippen molar-refractivity contribution in [1.82, 2.24) is 4.98 Å². The van der Waals surface area contributed by atoms with Gasteiger partial charge in [-0.1, -0.05) is 60.7 Å². The lowest BCUT2D eigenvalue weighted by molar-refractivity contribution is -0.135. The van der Waals surface area contributed by atoms with E-state index in [4.69, 9.17) is 0 Å². The van der Waals surface area contributed by atoms with Crippen LogP contribution in [0.5, 0.6) is 0 Å². The molecule has 32 heavy (non-hydrogen) atoms. The molecular formula is C26H22N2O3S. The van der Waals surface area contributed by atoms with Crippen LogP contribution in [0, 0.1) is 6.92 Å². The van der Waals surface area contributed by atoms with Crippen LogP contribution < -0.4 is 4.90 Å². The number of aromatic nitrogens is 1. The Hall–Kier alpha value is -3.35. The van der Waals surface area contributed by atoms with E-state index in [9.17, 15) is 14.7 Å². The number of hydrogen-bond acceptors (Lipinski definition) is 5. The molecule has 4 aromatic rings. The number of amides is 1. The summed E-state index contributed by atoms with van der Waals surface area (Å²) in [5.74, 6) is -0.706. The summed E-state index contributed by atoms with van der Waals surface area (Å²) in [6, 6.07) is 20.4. The van der Waals surface area contributed by atoms with Crippen LogP contribution in [-0.2, 0) is 16.8 Å². The maximum Gasteiger partial charge on any atom is 0.264 e. The average molecular weight is 443 g/mol. The number of ketones is 1.